The van der Waals surface area contributed by atoms with Crippen LogP contribution in [0.4, 0.5) is 10.1 Å². The van der Waals surface area contributed by atoms with Crippen LogP contribution >= 0.6 is 0 Å². The number of ether oxygens (including phenoxy) is 1. The molecule has 0 saturated heterocycles. The summed E-state index contributed by atoms with van der Waals surface area (Å²) in [7, 11) is 1.24. The fourth-order valence-corrected chi connectivity index (χ4v) is 2.58. The maximum absolute atomic E-state index is 13.4. The van der Waals surface area contributed by atoms with Gasteiger partial charge in [0.1, 0.15) is 11.5 Å². The topological polar surface area (TPSA) is 78.9 Å². The Bertz CT molecular complexity index is 662. The van der Waals surface area contributed by atoms with E-state index in [1.807, 2.05) is 0 Å². The van der Waals surface area contributed by atoms with Gasteiger partial charge in [-0.05, 0) is 37.1 Å². The number of anilines is 1. The first-order chi connectivity index (χ1) is 10.9. The van der Waals surface area contributed by atoms with Crippen LogP contribution in [0, 0.1) is 19.7 Å². The van der Waals surface area contributed by atoms with Crippen LogP contribution < -0.4 is 5.32 Å². The molecule has 0 spiro atoms. The number of halogens is 1. The van der Waals surface area contributed by atoms with Gasteiger partial charge < -0.3 is 20.1 Å². The van der Waals surface area contributed by atoms with Crippen LogP contribution in [-0.2, 0) is 14.3 Å². The quantitative estimate of drug-likeness (QED) is 0.794. The summed E-state index contributed by atoms with van der Waals surface area (Å²) in [5, 5.41) is 12.0. The second-order valence-corrected chi connectivity index (χ2v) is 5.34. The molecular weight excluding hydrogens is 303 g/mol. The summed E-state index contributed by atoms with van der Waals surface area (Å²) in [4.78, 5) is 25.7. The summed E-state index contributed by atoms with van der Waals surface area (Å²) in [5.74, 6) is -1.38. The molecule has 23 heavy (non-hydrogen) atoms. The monoisotopic (exact) mass is 322 g/mol. The molecule has 1 aromatic rings. The normalized spacial score (nSPS) is 14.5. The van der Waals surface area contributed by atoms with Gasteiger partial charge in [0.05, 0.1) is 25.8 Å². The standard InChI is InChI=1S/C16H19FN2O4/c1-9-6-11(17)7-10(2)13(9)18-14-12(16(22)23-3)8-19(4-5-20)15(14)21/h6-7,18,20H,4-5,8H2,1-3H3. The Morgan fingerprint density at radius 2 is 2.00 bits per heavy atom. The largest absolute Gasteiger partial charge is 0.466 e. The molecule has 2 N–H and O–H groups in total. The summed E-state index contributed by atoms with van der Waals surface area (Å²) in [6, 6.07) is 2.69. The van der Waals surface area contributed by atoms with Gasteiger partial charge >= 0.3 is 5.97 Å². The Balaban J connectivity index is 2.41. The van der Waals surface area contributed by atoms with E-state index in [4.69, 9.17) is 9.84 Å². The first-order valence-corrected chi connectivity index (χ1v) is 7.14. The van der Waals surface area contributed by atoms with Crippen LogP contribution in [0.2, 0.25) is 0 Å². The zero-order valence-electron chi connectivity index (χ0n) is 13.3. The molecule has 0 aliphatic carbocycles. The van der Waals surface area contributed by atoms with E-state index < -0.39 is 11.9 Å². The van der Waals surface area contributed by atoms with Crippen LogP contribution in [0.3, 0.4) is 0 Å². The van der Waals surface area contributed by atoms with Gasteiger partial charge in [0.25, 0.3) is 5.91 Å². The van der Waals surface area contributed by atoms with Crippen molar-refractivity contribution in [2.24, 2.45) is 0 Å². The van der Waals surface area contributed by atoms with Crippen molar-refractivity contribution in [1.29, 1.82) is 0 Å². The fourth-order valence-electron chi connectivity index (χ4n) is 2.58. The number of benzene rings is 1. The Morgan fingerprint density at radius 3 is 2.52 bits per heavy atom. The second kappa shape index (κ2) is 6.78. The van der Waals surface area contributed by atoms with Crippen molar-refractivity contribution < 1.29 is 23.8 Å². The predicted molar refractivity (Wildman–Crippen MR) is 82.2 cm³/mol. The van der Waals surface area contributed by atoms with E-state index in [0.717, 1.165) is 0 Å². The van der Waals surface area contributed by atoms with E-state index in [9.17, 15) is 14.0 Å². The lowest BCUT2D eigenvalue weighted by atomic mass is 10.1. The number of methoxy groups -OCH3 is 1. The number of carbonyl (C=O) groups is 2. The molecule has 124 valence electrons. The van der Waals surface area contributed by atoms with E-state index in [1.165, 1.54) is 24.1 Å². The number of hydrogen-bond donors (Lipinski definition) is 2. The highest BCUT2D eigenvalue weighted by Crippen LogP contribution is 2.27. The molecule has 1 heterocycles. The van der Waals surface area contributed by atoms with Gasteiger partial charge in [0, 0.05) is 12.2 Å². The lowest BCUT2D eigenvalue weighted by Crippen LogP contribution is -2.31. The maximum atomic E-state index is 13.4. The van der Waals surface area contributed by atoms with Gasteiger partial charge in [0.2, 0.25) is 0 Å². The number of nitrogens with one attached hydrogen (secondary N) is 1. The van der Waals surface area contributed by atoms with E-state index >= 15 is 0 Å². The smallest absolute Gasteiger partial charge is 0.337 e. The van der Waals surface area contributed by atoms with Gasteiger partial charge in [-0.1, -0.05) is 0 Å². The molecule has 0 atom stereocenters. The minimum absolute atomic E-state index is 0.0632. The Morgan fingerprint density at radius 1 is 1.39 bits per heavy atom. The summed E-state index contributed by atoms with van der Waals surface area (Å²) in [5.41, 5.74) is 2.10. The second-order valence-electron chi connectivity index (χ2n) is 5.34. The van der Waals surface area contributed by atoms with Crippen molar-refractivity contribution in [1.82, 2.24) is 4.90 Å². The minimum Gasteiger partial charge on any atom is -0.466 e. The highest BCUT2D eigenvalue weighted by Gasteiger charge is 2.34. The molecule has 0 bridgehead atoms. The number of amides is 1. The zero-order chi connectivity index (χ0) is 17.1. The average molecular weight is 322 g/mol. The third-order valence-electron chi connectivity index (χ3n) is 3.70. The van der Waals surface area contributed by atoms with Crippen LogP contribution in [0.25, 0.3) is 0 Å². The molecule has 1 aliphatic heterocycles. The summed E-state index contributed by atoms with van der Waals surface area (Å²) in [6.45, 7) is 3.39. The third kappa shape index (κ3) is 3.34. The van der Waals surface area contributed by atoms with E-state index in [-0.39, 0.29) is 36.8 Å². The molecule has 0 saturated carbocycles. The van der Waals surface area contributed by atoms with Crippen LogP contribution in [0.15, 0.2) is 23.4 Å². The van der Waals surface area contributed by atoms with Crippen molar-refractivity contribution in [2.75, 3.05) is 32.1 Å². The number of esters is 1. The minimum atomic E-state index is -0.612. The van der Waals surface area contributed by atoms with Crippen LogP contribution in [0.1, 0.15) is 11.1 Å². The molecule has 1 aliphatic rings. The lowest BCUT2D eigenvalue weighted by molar-refractivity contribution is -0.136. The molecule has 0 unspecified atom stereocenters. The molecule has 0 aromatic heterocycles. The first-order valence-electron chi connectivity index (χ1n) is 7.14. The molecular formula is C16H19FN2O4. The van der Waals surface area contributed by atoms with Gasteiger partial charge in [-0.15, -0.1) is 0 Å². The zero-order valence-corrected chi connectivity index (χ0v) is 13.3. The van der Waals surface area contributed by atoms with E-state index in [2.05, 4.69) is 5.32 Å². The Kier molecular flexibility index (Phi) is 5.00. The van der Waals surface area contributed by atoms with Crippen molar-refractivity contribution >= 4 is 17.6 Å². The van der Waals surface area contributed by atoms with Gasteiger partial charge in [-0.3, -0.25) is 4.79 Å². The predicted octanol–water partition coefficient (Wildman–Crippen LogP) is 1.12. The van der Waals surface area contributed by atoms with Gasteiger partial charge in [0.15, 0.2) is 0 Å². The molecule has 6 nitrogen and oxygen atoms in total. The Hall–Kier alpha value is -2.41. The molecule has 7 heteroatoms. The van der Waals surface area contributed by atoms with Gasteiger partial charge in [-0.25, -0.2) is 9.18 Å². The fraction of sp³-hybridized carbons (Fsp3) is 0.375. The number of aryl methyl sites for hydroxylation is 2. The third-order valence-corrected chi connectivity index (χ3v) is 3.70. The van der Waals surface area contributed by atoms with E-state index in [1.54, 1.807) is 13.8 Å². The maximum Gasteiger partial charge on any atom is 0.337 e. The van der Waals surface area contributed by atoms with Crippen molar-refractivity contribution in [3.8, 4) is 0 Å². The number of aliphatic hydroxyl groups excluding tert-OH is 1. The molecule has 1 aromatic carbocycles. The van der Waals surface area contributed by atoms with E-state index in [0.29, 0.717) is 16.8 Å². The number of hydrogen-bond acceptors (Lipinski definition) is 5. The molecule has 1 amide bonds. The molecule has 2 rings (SSSR count). The summed E-state index contributed by atoms with van der Waals surface area (Å²) in [6.07, 6.45) is 0. The Labute approximate surface area is 133 Å². The first kappa shape index (κ1) is 17.0. The summed E-state index contributed by atoms with van der Waals surface area (Å²) >= 11 is 0. The highest BCUT2D eigenvalue weighted by molar-refractivity contribution is 6.08. The van der Waals surface area contributed by atoms with Crippen molar-refractivity contribution in [2.45, 2.75) is 13.8 Å². The lowest BCUT2D eigenvalue weighted by Gasteiger charge is -2.16. The molecule has 0 fully saturated rings. The number of nitrogens with zero attached hydrogens (tertiary/aromatic N) is 1. The van der Waals surface area contributed by atoms with Crippen molar-refractivity contribution in [3.63, 3.8) is 0 Å². The molecule has 0 radical (unpaired) electrons. The SMILES string of the molecule is COC(=O)C1=C(Nc2c(C)cc(F)cc2C)C(=O)N(CCO)C1. The van der Waals surface area contributed by atoms with Crippen molar-refractivity contribution in [3.05, 3.63) is 40.3 Å². The van der Waals surface area contributed by atoms with Crippen LogP contribution in [0.5, 0.6) is 0 Å². The average Bonchev–Trinajstić information content (AvgIpc) is 2.79. The number of aliphatic hydroxyl groups is 1. The van der Waals surface area contributed by atoms with Crippen LogP contribution in [-0.4, -0.2) is 48.7 Å². The number of β-amino-alcohol motifs (C(OH)–C–C–N with tert-alkyl or cyclic N) is 1. The number of carbonyl (C=O) groups excluding carboxylic acids is 2. The number of rotatable bonds is 5. The highest BCUT2D eigenvalue weighted by atomic mass is 19.1. The summed E-state index contributed by atoms with van der Waals surface area (Å²) < 4.78 is 18.1. The van der Waals surface area contributed by atoms with Gasteiger partial charge in [-0.2, -0.15) is 0 Å².